The summed E-state index contributed by atoms with van der Waals surface area (Å²) in [7, 11) is 1.95. The zero-order valence-corrected chi connectivity index (χ0v) is 9.58. The molecule has 1 aliphatic rings. The molecule has 1 heterocycles. The van der Waals surface area contributed by atoms with E-state index < -0.39 is 0 Å². The van der Waals surface area contributed by atoms with Crippen molar-refractivity contribution in [2.24, 2.45) is 5.73 Å². The number of nitrogens with zero attached hydrogens (tertiary/aromatic N) is 2. The molecule has 4 heteroatoms. The summed E-state index contributed by atoms with van der Waals surface area (Å²) in [5, 5.41) is 0. The molecule has 0 spiro atoms. The van der Waals surface area contributed by atoms with Gasteiger partial charge in [0.05, 0.1) is 0 Å². The summed E-state index contributed by atoms with van der Waals surface area (Å²) in [5.41, 5.74) is 5.51. The summed E-state index contributed by atoms with van der Waals surface area (Å²) in [4.78, 5) is 16.0. The highest BCUT2D eigenvalue weighted by Gasteiger charge is 2.36. The van der Waals surface area contributed by atoms with Gasteiger partial charge < -0.3 is 10.6 Å². The van der Waals surface area contributed by atoms with Crippen LogP contribution >= 0.6 is 0 Å². The van der Waals surface area contributed by atoms with Crippen LogP contribution < -0.4 is 5.73 Å². The van der Waals surface area contributed by atoms with Gasteiger partial charge in [-0.1, -0.05) is 0 Å². The zero-order chi connectivity index (χ0) is 10.9. The van der Waals surface area contributed by atoms with Crippen LogP contribution in [0, 0.1) is 0 Å². The predicted molar refractivity (Wildman–Crippen MR) is 56.9 cm³/mol. The van der Waals surface area contributed by atoms with Crippen molar-refractivity contribution in [3.05, 3.63) is 0 Å². The molecule has 0 aromatic rings. The summed E-state index contributed by atoms with van der Waals surface area (Å²) >= 11 is 0. The van der Waals surface area contributed by atoms with Gasteiger partial charge in [-0.05, 0) is 27.8 Å². The molecule has 0 saturated carbocycles. The number of amides is 1. The third kappa shape index (κ3) is 2.07. The Morgan fingerprint density at radius 2 is 2.00 bits per heavy atom. The van der Waals surface area contributed by atoms with E-state index in [1.165, 1.54) is 0 Å². The topological polar surface area (TPSA) is 49.6 Å². The van der Waals surface area contributed by atoms with E-state index in [0.717, 1.165) is 13.1 Å². The maximum absolute atomic E-state index is 12.0. The normalized spacial score (nSPS) is 25.6. The molecular formula is C10H21N3O. The highest BCUT2D eigenvalue weighted by Crippen LogP contribution is 2.19. The number of hydrogen-bond donors (Lipinski definition) is 1. The molecule has 2 N–H and O–H groups in total. The lowest BCUT2D eigenvalue weighted by molar-refractivity contribution is -0.146. The molecule has 1 atom stereocenters. The molecule has 0 aromatic heterocycles. The Bertz CT molecular complexity index is 222. The molecule has 0 aromatic carbocycles. The Hall–Kier alpha value is -0.610. The second-order valence-corrected chi connectivity index (χ2v) is 4.89. The highest BCUT2D eigenvalue weighted by molar-refractivity contribution is 5.83. The molecule has 1 saturated heterocycles. The third-order valence-corrected chi connectivity index (χ3v) is 2.79. The first-order valence-electron chi connectivity index (χ1n) is 5.09. The summed E-state index contributed by atoms with van der Waals surface area (Å²) < 4.78 is 0. The van der Waals surface area contributed by atoms with Gasteiger partial charge in [-0.2, -0.15) is 0 Å². The van der Waals surface area contributed by atoms with Crippen LogP contribution in [-0.4, -0.2) is 54.0 Å². The molecule has 1 amide bonds. The van der Waals surface area contributed by atoms with Gasteiger partial charge in [-0.15, -0.1) is 0 Å². The molecule has 1 rings (SSSR count). The number of hydrogen-bond acceptors (Lipinski definition) is 3. The maximum atomic E-state index is 12.0. The molecule has 0 aliphatic carbocycles. The number of carbonyl (C=O) groups excluding carboxylic acids is 1. The molecule has 0 radical (unpaired) electrons. The highest BCUT2D eigenvalue weighted by atomic mass is 16.2. The first kappa shape index (κ1) is 11.5. The van der Waals surface area contributed by atoms with Crippen molar-refractivity contribution < 1.29 is 4.79 Å². The predicted octanol–water partition coefficient (Wildman–Crippen LogP) is -0.114. The zero-order valence-electron chi connectivity index (χ0n) is 9.58. The van der Waals surface area contributed by atoms with Crippen LogP contribution in [-0.2, 0) is 4.79 Å². The fraction of sp³-hybridized carbons (Fsp3) is 0.900. The van der Waals surface area contributed by atoms with Crippen molar-refractivity contribution in [3.63, 3.8) is 0 Å². The second-order valence-electron chi connectivity index (χ2n) is 4.89. The molecule has 0 bridgehead atoms. The van der Waals surface area contributed by atoms with Crippen LogP contribution in [0.25, 0.3) is 0 Å². The largest absolute Gasteiger partial charge is 0.335 e. The quantitative estimate of drug-likeness (QED) is 0.641. The van der Waals surface area contributed by atoms with Gasteiger partial charge >= 0.3 is 0 Å². The lowest BCUT2D eigenvalue weighted by atomic mass is 10.0. The second kappa shape index (κ2) is 3.87. The molecular weight excluding hydrogens is 178 g/mol. The Morgan fingerprint density at radius 3 is 2.43 bits per heavy atom. The Balaban J connectivity index is 2.79. The molecule has 82 valence electrons. The first-order valence-corrected chi connectivity index (χ1v) is 5.09. The minimum atomic E-state index is -0.136. The number of likely N-dealkylation sites (N-methyl/N-ethyl adjacent to an activating group) is 1. The Labute approximate surface area is 86.0 Å². The number of nitrogens with two attached hydrogens (primary N) is 1. The summed E-state index contributed by atoms with van der Waals surface area (Å²) in [6, 6.07) is -0.136. The average Bonchev–Trinajstić information content (AvgIpc) is 2.02. The standard InChI is InChI=1S/C10H21N3O/c1-10(2,3)13-6-5-12(4)8(7-11)9(13)14/h8H,5-7,11H2,1-4H3. The van der Waals surface area contributed by atoms with Gasteiger partial charge in [-0.25, -0.2) is 0 Å². The molecule has 4 nitrogen and oxygen atoms in total. The van der Waals surface area contributed by atoms with Gasteiger partial charge in [0.25, 0.3) is 0 Å². The van der Waals surface area contributed by atoms with Crippen LogP contribution in [0.3, 0.4) is 0 Å². The monoisotopic (exact) mass is 199 g/mol. The molecule has 1 aliphatic heterocycles. The van der Waals surface area contributed by atoms with Gasteiger partial charge in [0.15, 0.2) is 0 Å². The average molecular weight is 199 g/mol. The Kier molecular flexibility index (Phi) is 3.17. The molecule has 1 fully saturated rings. The van der Waals surface area contributed by atoms with Crippen molar-refractivity contribution in [1.29, 1.82) is 0 Å². The minimum Gasteiger partial charge on any atom is -0.335 e. The van der Waals surface area contributed by atoms with Crippen molar-refractivity contribution in [2.75, 3.05) is 26.7 Å². The number of carbonyl (C=O) groups is 1. The molecule has 1 unspecified atom stereocenters. The van der Waals surface area contributed by atoms with E-state index in [-0.39, 0.29) is 17.5 Å². The van der Waals surface area contributed by atoms with Gasteiger partial charge in [-0.3, -0.25) is 9.69 Å². The van der Waals surface area contributed by atoms with Crippen LogP contribution in [0.5, 0.6) is 0 Å². The minimum absolute atomic E-state index is 0.0915. The van der Waals surface area contributed by atoms with Crippen molar-refractivity contribution >= 4 is 5.91 Å². The maximum Gasteiger partial charge on any atom is 0.241 e. The van der Waals surface area contributed by atoms with Crippen molar-refractivity contribution in [2.45, 2.75) is 32.4 Å². The first-order chi connectivity index (χ1) is 6.38. The van der Waals surface area contributed by atoms with Gasteiger partial charge in [0.2, 0.25) is 5.91 Å². The van der Waals surface area contributed by atoms with E-state index >= 15 is 0 Å². The van der Waals surface area contributed by atoms with Crippen LogP contribution in [0.1, 0.15) is 20.8 Å². The van der Waals surface area contributed by atoms with E-state index in [2.05, 4.69) is 20.8 Å². The lowest BCUT2D eigenvalue weighted by Gasteiger charge is -2.44. The van der Waals surface area contributed by atoms with E-state index in [4.69, 9.17) is 5.73 Å². The van der Waals surface area contributed by atoms with Crippen LogP contribution in [0.2, 0.25) is 0 Å². The van der Waals surface area contributed by atoms with Gasteiger partial charge in [0.1, 0.15) is 6.04 Å². The van der Waals surface area contributed by atoms with E-state index in [1.54, 1.807) is 0 Å². The number of rotatable bonds is 1. The van der Waals surface area contributed by atoms with E-state index in [1.807, 2.05) is 16.8 Å². The summed E-state index contributed by atoms with van der Waals surface area (Å²) in [5.74, 6) is 0.161. The van der Waals surface area contributed by atoms with E-state index in [9.17, 15) is 4.79 Å². The van der Waals surface area contributed by atoms with Gasteiger partial charge in [0, 0.05) is 25.2 Å². The Morgan fingerprint density at radius 1 is 1.43 bits per heavy atom. The molecule has 14 heavy (non-hydrogen) atoms. The number of piperazine rings is 1. The van der Waals surface area contributed by atoms with Crippen molar-refractivity contribution in [3.8, 4) is 0 Å². The summed E-state index contributed by atoms with van der Waals surface area (Å²) in [6.45, 7) is 8.29. The fourth-order valence-corrected chi connectivity index (χ4v) is 1.84. The fourth-order valence-electron chi connectivity index (χ4n) is 1.84. The van der Waals surface area contributed by atoms with Crippen LogP contribution in [0.4, 0.5) is 0 Å². The lowest BCUT2D eigenvalue weighted by Crippen LogP contribution is -2.62. The van der Waals surface area contributed by atoms with E-state index in [0.29, 0.717) is 6.54 Å². The van der Waals surface area contributed by atoms with Crippen LogP contribution in [0.15, 0.2) is 0 Å². The third-order valence-electron chi connectivity index (χ3n) is 2.79. The van der Waals surface area contributed by atoms with Crippen molar-refractivity contribution in [1.82, 2.24) is 9.80 Å². The smallest absolute Gasteiger partial charge is 0.241 e. The SMILES string of the molecule is CN1CCN(C(C)(C)C)C(=O)C1CN. The summed E-state index contributed by atoms with van der Waals surface area (Å²) in [6.07, 6.45) is 0.